The lowest BCUT2D eigenvalue weighted by Crippen LogP contribution is -2.44. The minimum absolute atomic E-state index is 0.0348. The van der Waals surface area contributed by atoms with Crippen molar-refractivity contribution < 1.29 is 13.6 Å². The van der Waals surface area contributed by atoms with Crippen LogP contribution in [0.15, 0.2) is 83.7 Å². The summed E-state index contributed by atoms with van der Waals surface area (Å²) in [4.78, 5) is 35.9. The molecule has 2 aromatic heterocycles. The molecule has 5 aliphatic rings. The molecule has 0 saturated heterocycles. The van der Waals surface area contributed by atoms with E-state index in [-0.39, 0.29) is 27.4 Å². The average molecular weight is 801 g/mol. The molecule has 0 unspecified atom stereocenters. The molecule has 4 aromatic rings. The van der Waals surface area contributed by atoms with Crippen LogP contribution in [0.5, 0.6) is 0 Å². The van der Waals surface area contributed by atoms with E-state index in [1.54, 1.807) is 36.5 Å². The Morgan fingerprint density at radius 1 is 0.717 bits per heavy atom. The number of fused-ring (bicyclic) bond motifs is 4. The third-order valence-corrected chi connectivity index (χ3v) is 14.1. The number of anilines is 2. The number of nitrogens with zero attached hydrogens (tertiary/aromatic N) is 4. The zero-order valence-corrected chi connectivity index (χ0v) is 36.2. The Balaban J connectivity index is 1.09. The Labute approximate surface area is 351 Å². The molecule has 0 amide bonds. The van der Waals surface area contributed by atoms with Gasteiger partial charge in [0.1, 0.15) is 22.7 Å². The molecule has 0 N–H and O–H groups in total. The number of allylic oxidation sites excluding steroid dienone is 6. The van der Waals surface area contributed by atoms with E-state index >= 15 is 0 Å². The summed E-state index contributed by atoms with van der Waals surface area (Å²) in [6, 6.07) is 8.28. The molecular formula is C51H52N4O5. The topological polar surface area (TPSA) is 104 Å². The largest absolute Gasteiger partial charge is 0.457 e. The zero-order valence-electron chi connectivity index (χ0n) is 36.2. The number of rotatable bonds is 4. The first-order chi connectivity index (χ1) is 28.3. The van der Waals surface area contributed by atoms with Gasteiger partial charge in [-0.2, -0.15) is 0 Å². The predicted octanol–water partition coefficient (Wildman–Crippen LogP) is 10.8. The van der Waals surface area contributed by atoms with E-state index in [4.69, 9.17) is 20.1 Å². The maximum atomic E-state index is 13.9. The van der Waals surface area contributed by atoms with Crippen LogP contribution in [-0.4, -0.2) is 26.2 Å². The second-order valence-corrected chi connectivity index (χ2v) is 19.9. The van der Waals surface area contributed by atoms with Gasteiger partial charge in [-0.15, -0.1) is 0 Å². The van der Waals surface area contributed by atoms with Crippen LogP contribution < -0.4 is 21.1 Å². The summed E-state index contributed by atoms with van der Waals surface area (Å²) in [5, 5.41) is 11.6. The third-order valence-electron chi connectivity index (χ3n) is 14.1. The van der Waals surface area contributed by atoms with Crippen LogP contribution in [0.3, 0.4) is 0 Å². The van der Waals surface area contributed by atoms with Gasteiger partial charge in [-0.05, 0) is 131 Å². The number of nitriles is 1. The standard InChI is InChI=1S/C51H52N4O5/c1-29-35(47(57)60-45-36(29)27-38-43-41(45)51(8,9)18-22-55(43)20-16-49(38,4)5)14-13-34-25-31(39(28-52)53-10)24-33(58-34)12-11-30-23-32-26-37-42-40(44(32)59-46(30)56)50(6,7)17-21-54(42)19-15-48(37,2)3/h11-14,23-27H,15-22H2,1-9H3/b12-11+,14-13+,39-31+. The molecule has 9 nitrogen and oxygen atoms in total. The highest BCUT2D eigenvalue weighted by Gasteiger charge is 2.43. The van der Waals surface area contributed by atoms with Crippen LogP contribution in [-0.2, 0) is 26.4 Å². The minimum Gasteiger partial charge on any atom is -0.457 e. The molecular weight excluding hydrogens is 749 g/mol. The van der Waals surface area contributed by atoms with Crippen LogP contribution in [0.4, 0.5) is 11.4 Å². The molecule has 0 bridgehead atoms. The summed E-state index contributed by atoms with van der Waals surface area (Å²) < 4.78 is 18.7. The van der Waals surface area contributed by atoms with E-state index in [9.17, 15) is 14.9 Å². The van der Waals surface area contributed by atoms with Crippen molar-refractivity contribution in [3.63, 3.8) is 0 Å². The lowest BCUT2D eigenvalue weighted by Gasteiger charge is -2.48. The molecule has 60 heavy (non-hydrogen) atoms. The number of aryl methyl sites for hydroxylation is 1. The molecule has 9 heteroatoms. The number of benzene rings is 2. The summed E-state index contributed by atoms with van der Waals surface area (Å²) in [5.41, 5.74) is 8.94. The van der Waals surface area contributed by atoms with Gasteiger partial charge >= 0.3 is 11.3 Å². The minimum atomic E-state index is -0.465. The van der Waals surface area contributed by atoms with Crippen molar-refractivity contribution in [2.75, 3.05) is 36.0 Å². The Morgan fingerprint density at radius 2 is 1.23 bits per heavy atom. The van der Waals surface area contributed by atoms with Crippen molar-refractivity contribution in [1.29, 1.82) is 5.26 Å². The second-order valence-electron chi connectivity index (χ2n) is 19.9. The lowest BCUT2D eigenvalue weighted by atomic mass is 9.69. The van der Waals surface area contributed by atoms with Gasteiger partial charge in [0.15, 0.2) is 0 Å². The van der Waals surface area contributed by atoms with Gasteiger partial charge < -0.3 is 23.4 Å². The third kappa shape index (κ3) is 6.16. The van der Waals surface area contributed by atoms with Crippen molar-refractivity contribution in [3.8, 4) is 6.07 Å². The summed E-state index contributed by atoms with van der Waals surface area (Å²) in [6.07, 6.45) is 13.9. The van der Waals surface area contributed by atoms with E-state index in [1.165, 1.54) is 22.5 Å². The fourth-order valence-corrected chi connectivity index (χ4v) is 10.2. The van der Waals surface area contributed by atoms with Crippen molar-refractivity contribution >= 4 is 45.5 Å². The SMILES string of the molecule is [C-]#[N+]/C(C#N)=C1C=C(/C=C/c2cc3cc4c5c(c3oc2=O)C(C)(C)CCN5CCC4(C)C)OC(/C=C/c2c(C)c3cc4c5c(c3oc2=O)C(C)(C)CCN5CCC4(C)C)=C\1. The van der Waals surface area contributed by atoms with Gasteiger partial charge in [-0.3, -0.25) is 0 Å². The average Bonchev–Trinajstić information content (AvgIpc) is 3.18. The van der Waals surface area contributed by atoms with Crippen molar-refractivity contribution in [1.82, 2.24) is 0 Å². The lowest BCUT2D eigenvalue weighted by molar-refractivity contribution is 0.332. The van der Waals surface area contributed by atoms with Gasteiger partial charge in [0, 0.05) is 59.5 Å². The molecule has 0 saturated carbocycles. The van der Waals surface area contributed by atoms with E-state index in [1.807, 2.05) is 19.1 Å². The molecule has 7 heterocycles. The number of hydrogen-bond donors (Lipinski definition) is 0. The van der Waals surface area contributed by atoms with Gasteiger partial charge in [0.2, 0.25) is 0 Å². The Hall–Kier alpha value is -6.06. The highest BCUT2D eigenvalue weighted by Crippen LogP contribution is 2.53. The molecule has 306 valence electrons. The Bertz CT molecular complexity index is 2930. The fraction of sp³-hybridized carbons (Fsp3) is 0.412. The molecule has 0 spiro atoms. The fourth-order valence-electron chi connectivity index (χ4n) is 10.2. The first kappa shape index (κ1) is 39.4. The second kappa shape index (κ2) is 13.5. The molecule has 0 radical (unpaired) electrons. The van der Waals surface area contributed by atoms with Crippen LogP contribution >= 0.6 is 0 Å². The van der Waals surface area contributed by atoms with Crippen molar-refractivity contribution in [2.45, 2.75) is 110 Å². The maximum Gasteiger partial charge on any atom is 0.343 e. The summed E-state index contributed by atoms with van der Waals surface area (Å²) in [6.45, 7) is 31.7. The van der Waals surface area contributed by atoms with Crippen molar-refractivity contribution in [3.05, 3.63) is 136 Å². The van der Waals surface area contributed by atoms with Crippen molar-refractivity contribution in [2.24, 2.45) is 0 Å². The summed E-state index contributed by atoms with van der Waals surface area (Å²) in [7, 11) is 0. The summed E-state index contributed by atoms with van der Waals surface area (Å²) >= 11 is 0. The number of hydrogen-bond acceptors (Lipinski definition) is 8. The van der Waals surface area contributed by atoms with E-state index in [2.05, 4.69) is 82.2 Å². The summed E-state index contributed by atoms with van der Waals surface area (Å²) in [5.74, 6) is 0.620. The molecule has 0 atom stereocenters. The maximum absolute atomic E-state index is 13.9. The van der Waals surface area contributed by atoms with Gasteiger partial charge in [0.25, 0.3) is 5.70 Å². The van der Waals surface area contributed by atoms with Gasteiger partial charge in [0.05, 0.1) is 23.8 Å². The number of ether oxygens (including phenoxy) is 1. The quantitative estimate of drug-likeness (QED) is 0.114. The predicted molar refractivity (Wildman–Crippen MR) is 239 cm³/mol. The smallest absolute Gasteiger partial charge is 0.343 e. The molecule has 0 fully saturated rings. The van der Waals surface area contributed by atoms with E-state index in [0.29, 0.717) is 39.4 Å². The van der Waals surface area contributed by atoms with Crippen LogP contribution in [0.2, 0.25) is 0 Å². The molecule has 9 rings (SSSR count). The monoisotopic (exact) mass is 800 g/mol. The van der Waals surface area contributed by atoms with E-state index in [0.717, 1.165) is 79.3 Å². The molecule has 2 aromatic carbocycles. The van der Waals surface area contributed by atoms with E-state index < -0.39 is 11.3 Å². The first-order valence-corrected chi connectivity index (χ1v) is 21.1. The van der Waals surface area contributed by atoms with Crippen LogP contribution in [0.1, 0.15) is 120 Å². The highest BCUT2D eigenvalue weighted by atomic mass is 16.5. The van der Waals surface area contributed by atoms with Gasteiger partial charge in [-0.1, -0.05) is 55.4 Å². The van der Waals surface area contributed by atoms with Crippen LogP contribution in [0, 0.1) is 24.8 Å². The molecule has 5 aliphatic heterocycles. The Kier molecular flexibility index (Phi) is 8.85. The normalized spacial score (nSPS) is 21.5. The highest BCUT2D eigenvalue weighted by molar-refractivity contribution is 5.94. The molecule has 0 aliphatic carbocycles. The van der Waals surface area contributed by atoms with Gasteiger partial charge in [-0.25, -0.2) is 19.7 Å². The zero-order chi connectivity index (χ0) is 42.7. The first-order valence-electron chi connectivity index (χ1n) is 21.1. The Morgan fingerprint density at radius 3 is 1.80 bits per heavy atom. The van der Waals surface area contributed by atoms with Crippen LogP contribution in [0.25, 0.3) is 38.9 Å².